The Labute approximate surface area is 241 Å². The Bertz CT molecular complexity index is 1420. The van der Waals surface area contributed by atoms with E-state index in [9.17, 15) is 4.79 Å². The zero-order valence-electron chi connectivity index (χ0n) is 23.2. The standard InChI is InChI=1S/C36H33NO4/c1-39-31-22-24-33(25-23-31)41-32-20-18-27(19-21-32)26-34(35(38)40-2)37-36(28-12-6-3-7-13-28,29-14-8-4-9-15-29)30-16-10-5-11-17-30/h3-25,34,37H,26H2,1-2H3/t34-/m0/s1. The van der Waals surface area contributed by atoms with Crippen molar-refractivity contribution in [2.24, 2.45) is 0 Å². The quantitative estimate of drug-likeness (QED) is 0.142. The van der Waals surface area contributed by atoms with Crippen molar-refractivity contribution in [1.82, 2.24) is 5.32 Å². The van der Waals surface area contributed by atoms with Crippen LogP contribution >= 0.6 is 0 Å². The molecule has 1 N–H and O–H groups in total. The minimum atomic E-state index is -0.806. The summed E-state index contributed by atoms with van der Waals surface area (Å²) in [5, 5.41) is 3.76. The van der Waals surface area contributed by atoms with Crippen LogP contribution in [0.2, 0.25) is 0 Å². The number of esters is 1. The van der Waals surface area contributed by atoms with Crippen molar-refractivity contribution in [2.75, 3.05) is 14.2 Å². The normalized spacial score (nSPS) is 11.9. The summed E-state index contributed by atoms with van der Waals surface area (Å²) in [5.41, 5.74) is 3.23. The van der Waals surface area contributed by atoms with Gasteiger partial charge in [-0.2, -0.15) is 0 Å². The average molecular weight is 544 g/mol. The lowest BCUT2D eigenvalue weighted by molar-refractivity contribution is -0.143. The summed E-state index contributed by atoms with van der Waals surface area (Å²) in [6.07, 6.45) is 0.420. The van der Waals surface area contributed by atoms with Gasteiger partial charge in [-0.25, -0.2) is 0 Å². The average Bonchev–Trinajstić information content (AvgIpc) is 3.05. The van der Waals surface area contributed by atoms with Gasteiger partial charge in [0.1, 0.15) is 23.3 Å². The molecule has 0 saturated carbocycles. The van der Waals surface area contributed by atoms with E-state index in [2.05, 4.69) is 41.7 Å². The molecule has 5 aromatic carbocycles. The highest BCUT2D eigenvalue weighted by atomic mass is 16.5. The number of rotatable bonds is 11. The number of nitrogens with one attached hydrogen (secondary N) is 1. The number of hydrogen-bond donors (Lipinski definition) is 1. The highest BCUT2D eigenvalue weighted by Crippen LogP contribution is 2.37. The monoisotopic (exact) mass is 543 g/mol. The first-order chi connectivity index (χ1) is 20.1. The maximum Gasteiger partial charge on any atom is 0.323 e. The van der Waals surface area contributed by atoms with E-state index in [1.165, 1.54) is 7.11 Å². The Morgan fingerprint density at radius 3 is 1.44 bits per heavy atom. The molecule has 0 heterocycles. The van der Waals surface area contributed by atoms with Gasteiger partial charge in [-0.15, -0.1) is 0 Å². The van der Waals surface area contributed by atoms with Crippen molar-refractivity contribution < 1.29 is 19.0 Å². The second kappa shape index (κ2) is 13.0. The molecule has 41 heavy (non-hydrogen) atoms. The molecule has 0 aliphatic rings. The summed E-state index contributed by atoms with van der Waals surface area (Å²) in [5.74, 6) is 1.85. The van der Waals surface area contributed by atoms with Crippen molar-refractivity contribution in [3.63, 3.8) is 0 Å². The zero-order valence-corrected chi connectivity index (χ0v) is 23.2. The summed E-state index contributed by atoms with van der Waals surface area (Å²) in [6.45, 7) is 0. The molecule has 5 rings (SSSR count). The van der Waals surface area contributed by atoms with Crippen LogP contribution in [-0.2, 0) is 21.5 Å². The highest BCUT2D eigenvalue weighted by Gasteiger charge is 2.40. The van der Waals surface area contributed by atoms with Gasteiger partial charge in [0.2, 0.25) is 0 Å². The minimum absolute atomic E-state index is 0.337. The van der Waals surface area contributed by atoms with Gasteiger partial charge in [0.05, 0.1) is 19.8 Å². The van der Waals surface area contributed by atoms with E-state index >= 15 is 0 Å². The molecule has 0 aliphatic heterocycles. The lowest BCUT2D eigenvalue weighted by Crippen LogP contribution is -2.53. The predicted octanol–water partition coefficient (Wildman–Crippen LogP) is 7.15. The number of carbonyl (C=O) groups is 1. The van der Waals surface area contributed by atoms with Crippen LogP contribution in [0.15, 0.2) is 140 Å². The zero-order chi connectivity index (χ0) is 28.5. The van der Waals surface area contributed by atoms with E-state index in [-0.39, 0.29) is 5.97 Å². The molecule has 0 aliphatic carbocycles. The number of hydrogen-bond acceptors (Lipinski definition) is 5. The van der Waals surface area contributed by atoms with Crippen LogP contribution in [0.25, 0.3) is 0 Å². The van der Waals surface area contributed by atoms with Crippen molar-refractivity contribution in [3.8, 4) is 17.2 Å². The van der Waals surface area contributed by atoms with Crippen LogP contribution in [0.4, 0.5) is 0 Å². The van der Waals surface area contributed by atoms with Gasteiger partial charge in [0.15, 0.2) is 0 Å². The van der Waals surface area contributed by atoms with E-state index in [1.807, 2.05) is 103 Å². The van der Waals surface area contributed by atoms with Gasteiger partial charge in [-0.05, 0) is 65.1 Å². The summed E-state index contributed by atoms with van der Waals surface area (Å²) in [6, 6.07) is 45.2. The summed E-state index contributed by atoms with van der Waals surface area (Å²) >= 11 is 0. The van der Waals surface area contributed by atoms with Crippen LogP contribution in [0, 0.1) is 0 Å². The van der Waals surface area contributed by atoms with E-state index in [4.69, 9.17) is 14.2 Å². The molecule has 0 unspecified atom stereocenters. The van der Waals surface area contributed by atoms with Crippen molar-refractivity contribution in [2.45, 2.75) is 18.0 Å². The van der Waals surface area contributed by atoms with Gasteiger partial charge < -0.3 is 14.2 Å². The first-order valence-corrected chi connectivity index (χ1v) is 13.6. The van der Waals surface area contributed by atoms with E-state index in [0.717, 1.165) is 28.0 Å². The van der Waals surface area contributed by atoms with E-state index in [1.54, 1.807) is 7.11 Å². The summed E-state index contributed by atoms with van der Waals surface area (Å²) in [7, 11) is 3.06. The third kappa shape index (κ3) is 6.32. The van der Waals surface area contributed by atoms with E-state index < -0.39 is 11.6 Å². The highest BCUT2D eigenvalue weighted by molar-refractivity contribution is 5.76. The van der Waals surface area contributed by atoms with E-state index in [0.29, 0.717) is 17.9 Å². The van der Waals surface area contributed by atoms with Crippen LogP contribution in [0.5, 0.6) is 17.2 Å². The molecule has 206 valence electrons. The fourth-order valence-corrected chi connectivity index (χ4v) is 5.12. The van der Waals surface area contributed by atoms with Crippen LogP contribution < -0.4 is 14.8 Å². The Hall–Kier alpha value is -4.87. The SMILES string of the molecule is COC(=O)[C@H](Cc1ccc(Oc2ccc(OC)cc2)cc1)NC(c1ccccc1)(c1ccccc1)c1ccccc1. The molecule has 0 saturated heterocycles. The summed E-state index contributed by atoms with van der Waals surface area (Å²) < 4.78 is 16.5. The second-order valence-corrected chi connectivity index (χ2v) is 9.69. The van der Waals surface area contributed by atoms with Crippen LogP contribution in [-0.4, -0.2) is 26.2 Å². The Kier molecular flexibility index (Phi) is 8.77. The molecule has 0 radical (unpaired) electrons. The molecule has 5 nitrogen and oxygen atoms in total. The van der Waals surface area contributed by atoms with Crippen molar-refractivity contribution in [3.05, 3.63) is 162 Å². The number of carbonyl (C=O) groups excluding carboxylic acids is 1. The molecule has 1 atom stereocenters. The Morgan fingerprint density at radius 1 is 0.610 bits per heavy atom. The molecule has 0 fully saturated rings. The molecule has 5 heteroatoms. The first-order valence-electron chi connectivity index (χ1n) is 13.6. The Balaban J connectivity index is 1.49. The topological polar surface area (TPSA) is 56.8 Å². The van der Waals surface area contributed by atoms with Crippen LogP contribution in [0.1, 0.15) is 22.3 Å². The third-order valence-corrected chi connectivity index (χ3v) is 7.16. The van der Waals surface area contributed by atoms with Gasteiger partial charge >= 0.3 is 5.97 Å². The lowest BCUT2D eigenvalue weighted by Gasteiger charge is -2.39. The largest absolute Gasteiger partial charge is 0.497 e. The second-order valence-electron chi connectivity index (χ2n) is 9.69. The molecule has 0 bridgehead atoms. The molecule has 0 spiro atoms. The van der Waals surface area contributed by atoms with Crippen molar-refractivity contribution >= 4 is 5.97 Å². The molecule has 0 aromatic heterocycles. The Morgan fingerprint density at radius 2 is 1.02 bits per heavy atom. The maximum absolute atomic E-state index is 13.3. The van der Waals surface area contributed by atoms with Crippen molar-refractivity contribution in [1.29, 1.82) is 0 Å². The first kappa shape index (κ1) is 27.7. The molecule has 5 aromatic rings. The van der Waals surface area contributed by atoms with Gasteiger partial charge in [0, 0.05) is 0 Å². The number of ether oxygens (including phenoxy) is 3. The third-order valence-electron chi connectivity index (χ3n) is 7.16. The van der Waals surface area contributed by atoms with Gasteiger partial charge in [0.25, 0.3) is 0 Å². The molecular formula is C36H33NO4. The molecule has 0 amide bonds. The number of benzene rings is 5. The molecular weight excluding hydrogens is 510 g/mol. The van der Waals surface area contributed by atoms with Gasteiger partial charge in [-0.1, -0.05) is 103 Å². The smallest absolute Gasteiger partial charge is 0.323 e. The summed E-state index contributed by atoms with van der Waals surface area (Å²) in [4.78, 5) is 13.3. The van der Waals surface area contributed by atoms with Crippen LogP contribution in [0.3, 0.4) is 0 Å². The predicted molar refractivity (Wildman–Crippen MR) is 161 cm³/mol. The lowest BCUT2D eigenvalue weighted by atomic mass is 9.76. The van der Waals surface area contributed by atoms with Gasteiger partial charge in [-0.3, -0.25) is 10.1 Å². The maximum atomic E-state index is 13.3. The fourth-order valence-electron chi connectivity index (χ4n) is 5.12. The minimum Gasteiger partial charge on any atom is -0.497 e. The fraction of sp³-hybridized carbons (Fsp3) is 0.139. The number of methoxy groups -OCH3 is 2.